The molecule has 3 rings (SSSR count). The highest BCUT2D eigenvalue weighted by atomic mass is 19.4. The zero-order chi connectivity index (χ0) is 25.6. The molecule has 0 saturated carbocycles. The minimum Gasteiger partial charge on any atom is -0.453 e. The normalized spacial score (nSPS) is 12.9. The lowest BCUT2D eigenvalue weighted by atomic mass is 10.1. The zero-order valence-electron chi connectivity index (χ0n) is 19.6. The number of benzene rings is 2. The van der Waals surface area contributed by atoms with Gasteiger partial charge < -0.3 is 19.3 Å². The highest BCUT2D eigenvalue weighted by Gasteiger charge is 2.31. The number of hydrogen-bond donors (Lipinski definition) is 2. The number of aryl methyl sites for hydroxylation is 1. The number of amides is 2. The minimum atomic E-state index is -4.42. The molecule has 0 aliphatic carbocycles. The third-order valence-corrected chi connectivity index (χ3v) is 5.09. The second-order valence-corrected chi connectivity index (χ2v) is 7.72. The molecule has 1 heterocycles. The number of aliphatic hydroxyl groups excluding tert-OH is 1. The van der Waals surface area contributed by atoms with Crippen LogP contribution in [0.25, 0.3) is 10.9 Å². The highest BCUT2D eigenvalue weighted by molar-refractivity contribution is 5.96. The SMILES string of the molecule is COC(=O)NC(C)O.Cc1ccc(N(C)C(=O)[C@@H](C)n2ccc3ccc(C(F)(F)F)cc32)cc1. The number of aromatic nitrogens is 1. The molecule has 184 valence electrons. The molecule has 0 aliphatic heterocycles. The van der Waals surface area contributed by atoms with E-state index in [2.05, 4.69) is 10.1 Å². The molecule has 0 spiro atoms. The van der Waals surface area contributed by atoms with E-state index in [1.54, 1.807) is 30.8 Å². The lowest BCUT2D eigenvalue weighted by Crippen LogP contribution is -2.32. The molecule has 1 aromatic heterocycles. The monoisotopic (exact) mass is 479 g/mol. The number of methoxy groups -OCH3 is 1. The molecular formula is C24H28F3N3O4. The van der Waals surface area contributed by atoms with Crippen molar-refractivity contribution < 1.29 is 32.6 Å². The Hall–Kier alpha value is -3.53. The van der Waals surface area contributed by atoms with Crippen molar-refractivity contribution in [3.63, 3.8) is 0 Å². The molecule has 2 N–H and O–H groups in total. The molecule has 7 nitrogen and oxygen atoms in total. The van der Waals surface area contributed by atoms with Gasteiger partial charge in [-0.25, -0.2) is 4.79 Å². The second-order valence-electron chi connectivity index (χ2n) is 7.72. The van der Waals surface area contributed by atoms with Gasteiger partial charge in [0.25, 0.3) is 0 Å². The molecule has 0 radical (unpaired) electrons. The third kappa shape index (κ3) is 6.74. The Morgan fingerprint density at radius 3 is 2.21 bits per heavy atom. The highest BCUT2D eigenvalue weighted by Crippen LogP contribution is 2.32. The number of carbonyl (C=O) groups is 2. The van der Waals surface area contributed by atoms with Gasteiger partial charge in [0.15, 0.2) is 0 Å². The van der Waals surface area contributed by atoms with Crippen molar-refractivity contribution in [3.05, 3.63) is 65.9 Å². The van der Waals surface area contributed by atoms with Crippen LogP contribution >= 0.6 is 0 Å². The van der Waals surface area contributed by atoms with Gasteiger partial charge >= 0.3 is 12.3 Å². The smallest absolute Gasteiger partial charge is 0.416 e. The minimum absolute atomic E-state index is 0.205. The Morgan fingerprint density at radius 1 is 1.09 bits per heavy atom. The van der Waals surface area contributed by atoms with E-state index in [1.807, 2.05) is 31.2 Å². The van der Waals surface area contributed by atoms with Crippen LogP contribution in [-0.4, -0.2) is 42.1 Å². The molecule has 0 aliphatic rings. The molecular weight excluding hydrogens is 451 g/mol. The van der Waals surface area contributed by atoms with E-state index in [9.17, 15) is 22.8 Å². The van der Waals surface area contributed by atoms with E-state index in [-0.39, 0.29) is 5.91 Å². The first-order valence-electron chi connectivity index (χ1n) is 10.4. The number of fused-ring (bicyclic) bond motifs is 1. The van der Waals surface area contributed by atoms with Crippen molar-refractivity contribution in [2.24, 2.45) is 0 Å². The number of alkyl carbamates (subject to hydrolysis) is 1. The summed E-state index contributed by atoms with van der Waals surface area (Å²) in [5.41, 5.74) is 1.48. The molecule has 2 atom stereocenters. The van der Waals surface area contributed by atoms with Crippen LogP contribution in [0.1, 0.15) is 31.0 Å². The van der Waals surface area contributed by atoms with Crippen molar-refractivity contribution in [2.45, 2.75) is 39.2 Å². The van der Waals surface area contributed by atoms with Crippen molar-refractivity contribution in [3.8, 4) is 0 Å². The Morgan fingerprint density at radius 2 is 1.71 bits per heavy atom. The number of nitrogens with zero attached hydrogens (tertiary/aromatic N) is 2. The van der Waals surface area contributed by atoms with E-state index in [4.69, 9.17) is 5.11 Å². The second kappa shape index (κ2) is 11.1. The number of ether oxygens (including phenoxy) is 1. The maximum atomic E-state index is 13.0. The lowest BCUT2D eigenvalue weighted by Gasteiger charge is -2.23. The zero-order valence-corrected chi connectivity index (χ0v) is 19.6. The maximum Gasteiger partial charge on any atom is 0.416 e. The first kappa shape index (κ1) is 26.7. The fourth-order valence-electron chi connectivity index (χ4n) is 3.19. The summed E-state index contributed by atoms with van der Waals surface area (Å²) in [6.45, 7) is 5.07. The Bertz CT molecular complexity index is 1120. The van der Waals surface area contributed by atoms with Crippen LogP contribution in [0.4, 0.5) is 23.7 Å². The third-order valence-electron chi connectivity index (χ3n) is 5.09. The average molecular weight is 479 g/mol. The van der Waals surface area contributed by atoms with Gasteiger partial charge in [0.2, 0.25) is 5.91 Å². The maximum absolute atomic E-state index is 13.0. The number of alkyl halides is 3. The summed E-state index contributed by atoms with van der Waals surface area (Å²) in [4.78, 5) is 24.5. The predicted molar refractivity (Wildman–Crippen MR) is 123 cm³/mol. The fraction of sp³-hybridized carbons (Fsp3) is 0.333. The van der Waals surface area contributed by atoms with Crippen LogP contribution in [0.3, 0.4) is 0 Å². The number of rotatable bonds is 4. The summed E-state index contributed by atoms with van der Waals surface area (Å²) >= 11 is 0. The van der Waals surface area contributed by atoms with Crippen LogP contribution in [0.5, 0.6) is 0 Å². The average Bonchev–Trinajstić information content (AvgIpc) is 3.20. The molecule has 1 unspecified atom stereocenters. The number of likely N-dealkylation sites (N-methyl/N-ethyl adjacent to an activating group) is 1. The van der Waals surface area contributed by atoms with E-state index >= 15 is 0 Å². The van der Waals surface area contributed by atoms with Gasteiger partial charge in [-0.2, -0.15) is 13.2 Å². The summed E-state index contributed by atoms with van der Waals surface area (Å²) in [5, 5.41) is 11.2. The van der Waals surface area contributed by atoms with Crippen LogP contribution in [0.2, 0.25) is 0 Å². The Kier molecular flexibility index (Phi) is 8.69. The molecule has 0 saturated heterocycles. The number of anilines is 1. The number of nitrogens with one attached hydrogen (secondary N) is 1. The van der Waals surface area contributed by atoms with Crippen LogP contribution in [0, 0.1) is 6.92 Å². The van der Waals surface area contributed by atoms with E-state index in [0.29, 0.717) is 10.9 Å². The molecule has 0 bridgehead atoms. The van der Waals surface area contributed by atoms with Gasteiger partial charge in [-0.15, -0.1) is 0 Å². The van der Waals surface area contributed by atoms with E-state index in [0.717, 1.165) is 23.4 Å². The topological polar surface area (TPSA) is 83.8 Å². The van der Waals surface area contributed by atoms with Crippen molar-refractivity contribution in [1.29, 1.82) is 0 Å². The molecule has 2 amide bonds. The van der Waals surface area contributed by atoms with Gasteiger partial charge in [-0.3, -0.25) is 10.1 Å². The van der Waals surface area contributed by atoms with Gasteiger partial charge in [0.1, 0.15) is 12.3 Å². The molecule has 3 aromatic rings. The molecule has 2 aromatic carbocycles. The van der Waals surface area contributed by atoms with Gasteiger partial charge in [-0.05, 0) is 56.5 Å². The molecule has 10 heteroatoms. The fourth-order valence-corrected chi connectivity index (χ4v) is 3.19. The van der Waals surface area contributed by atoms with Gasteiger partial charge in [0, 0.05) is 24.4 Å². The van der Waals surface area contributed by atoms with Crippen LogP contribution in [0.15, 0.2) is 54.7 Å². The molecule has 34 heavy (non-hydrogen) atoms. The first-order chi connectivity index (χ1) is 15.8. The summed E-state index contributed by atoms with van der Waals surface area (Å²) in [6.07, 6.45) is -4.24. The lowest BCUT2D eigenvalue weighted by molar-refractivity contribution is -0.137. The van der Waals surface area contributed by atoms with Crippen molar-refractivity contribution in [1.82, 2.24) is 9.88 Å². The van der Waals surface area contributed by atoms with Crippen molar-refractivity contribution >= 4 is 28.6 Å². The largest absolute Gasteiger partial charge is 0.453 e. The number of hydrogen-bond acceptors (Lipinski definition) is 4. The van der Waals surface area contributed by atoms with Gasteiger partial charge in [-0.1, -0.05) is 23.8 Å². The summed E-state index contributed by atoms with van der Waals surface area (Å²) < 4.78 is 44.8. The van der Waals surface area contributed by atoms with Crippen molar-refractivity contribution in [2.75, 3.05) is 19.1 Å². The summed E-state index contributed by atoms with van der Waals surface area (Å²) in [5.74, 6) is -0.205. The Labute approximate surface area is 195 Å². The Balaban J connectivity index is 0.000000440. The first-order valence-corrected chi connectivity index (χ1v) is 10.4. The number of carbonyl (C=O) groups excluding carboxylic acids is 2. The molecule has 0 fully saturated rings. The number of aliphatic hydroxyl groups is 1. The number of halogens is 3. The summed E-state index contributed by atoms with van der Waals surface area (Å²) in [6, 6.07) is 12.1. The van der Waals surface area contributed by atoms with E-state index < -0.39 is 30.1 Å². The standard InChI is InChI=1S/C20H19F3N2O.C4H9NO3/c1-13-4-8-17(9-5-13)24(3)19(26)14(2)25-11-10-15-6-7-16(12-18(15)25)20(21,22)23;1-3(6)5-4(7)8-2/h4-12,14H,1-3H3;3,6H,1-2H3,(H,5,7)/t14-;/m1./s1. The summed E-state index contributed by atoms with van der Waals surface area (Å²) in [7, 11) is 2.90. The van der Waals surface area contributed by atoms with Crippen LogP contribution < -0.4 is 10.2 Å². The van der Waals surface area contributed by atoms with Crippen LogP contribution in [-0.2, 0) is 15.7 Å². The predicted octanol–water partition coefficient (Wildman–Crippen LogP) is 4.87. The van der Waals surface area contributed by atoms with E-state index in [1.165, 1.54) is 25.0 Å². The quantitative estimate of drug-likeness (QED) is 0.523. The van der Waals surface area contributed by atoms with Gasteiger partial charge in [0.05, 0.1) is 12.7 Å².